The van der Waals surface area contributed by atoms with Gasteiger partial charge in [-0.2, -0.15) is 11.3 Å². The normalized spacial score (nSPS) is 25.4. The van der Waals surface area contributed by atoms with Crippen LogP contribution in [0.15, 0.2) is 16.8 Å². The van der Waals surface area contributed by atoms with Crippen molar-refractivity contribution < 1.29 is 4.79 Å². The maximum atomic E-state index is 12.0. The zero-order chi connectivity index (χ0) is 11.5. The van der Waals surface area contributed by atoms with Gasteiger partial charge in [0.15, 0.2) is 0 Å². The van der Waals surface area contributed by atoms with Gasteiger partial charge in [-0.15, -0.1) is 11.8 Å². The molecule has 2 heterocycles. The first-order valence-electron chi connectivity index (χ1n) is 5.36. The van der Waals surface area contributed by atoms with E-state index in [0.29, 0.717) is 0 Å². The number of carbonyl (C=O) groups is 1. The fourth-order valence-electron chi connectivity index (χ4n) is 1.81. The van der Waals surface area contributed by atoms with Crippen LogP contribution in [0.4, 0.5) is 0 Å². The van der Waals surface area contributed by atoms with E-state index in [2.05, 4.69) is 22.1 Å². The van der Waals surface area contributed by atoms with Crippen molar-refractivity contribution in [2.75, 3.05) is 20.1 Å². The van der Waals surface area contributed by atoms with Crippen LogP contribution in [-0.4, -0.2) is 36.2 Å². The van der Waals surface area contributed by atoms with E-state index in [0.717, 1.165) is 13.1 Å². The van der Waals surface area contributed by atoms with Gasteiger partial charge in [-0.3, -0.25) is 4.79 Å². The summed E-state index contributed by atoms with van der Waals surface area (Å²) in [5, 5.41) is 7.59. The number of thioether (sulfide) groups is 1. The van der Waals surface area contributed by atoms with Crippen molar-refractivity contribution in [1.29, 1.82) is 0 Å². The zero-order valence-electron chi connectivity index (χ0n) is 9.47. The van der Waals surface area contributed by atoms with E-state index >= 15 is 0 Å². The Kier molecular flexibility index (Phi) is 3.89. The van der Waals surface area contributed by atoms with Gasteiger partial charge in [0, 0.05) is 13.1 Å². The van der Waals surface area contributed by atoms with Gasteiger partial charge in [0.2, 0.25) is 5.91 Å². The van der Waals surface area contributed by atoms with E-state index in [-0.39, 0.29) is 16.5 Å². The molecule has 0 radical (unpaired) electrons. The van der Waals surface area contributed by atoms with Crippen molar-refractivity contribution in [2.45, 2.75) is 17.5 Å². The van der Waals surface area contributed by atoms with E-state index in [1.165, 1.54) is 5.56 Å². The molecule has 16 heavy (non-hydrogen) atoms. The molecule has 3 nitrogen and oxygen atoms in total. The van der Waals surface area contributed by atoms with Crippen LogP contribution in [-0.2, 0) is 4.79 Å². The van der Waals surface area contributed by atoms with Crippen LogP contribution in [0.25, 0.3) is 0 Å². The van der Waals surface area contributed by atoms with Crippen LogP contribution < -0.4 is 5.32 Å². The Morgan fingerprint density at radius 3 is 3.00 bits per heavy atom. The summed E-state index contributed by atoms with van der Waals surface area (Å²) in [6, 6.07) is 2.11. The second-order valence-electron chi connectivity index (χ2n) is 3.82. The van der Waals surface area contributed by atoms with Gasteiger partial charge in [-0.1, -0.05) is 0 Å². The minimum atomic E-state index is 0.0850. The molecular formula is C11H16N2OS2. The van der Waals surface area contributed by atoms with E-state index in [4.69, 9.17) is 0 Å². The molecule has 0 spiro atoms. The third-order valence-electron chi connectivity index (χ3n) is 2.68. The number of amides is 1. The van der Waals surface area contributed by atoms with Gasteiger partial charge in [0.25, 0.3) is 0 Å². The molecule has 1 saturated heterocycles. The fraction of sp³-hybridized carbons (Fsp3) is 0.545. The second kappa shape index (κ2) is 5.21. The lowest BCUT2D eigenvalue weighted by atomic mass is 10.3. The molecule has 1 aromatic heterocycles. The molecule has 1 N–H and O–H groups in total. The summed E-state index contributed by atoms with van der Waals surface area (Å²) < 4.78 is 0. The first kappa shape index (κ1) is 12.0. The first-order valence-corrected chi connectivity index (χ1v) is 7.25. The Hall–Kier alpha value is -0.520. The molecule has 2 atom stereocenters. The first-order chi connectivity index (χ1) is 7.74. The number of nitrogens with zero attached hydrogens (tertiary/aromatic N) is 1. The van der Waals surface area contributed by atoms with Crippen LogP contribution in [0.5, 0.6) is 0 Å². The predicted octanol–water partition coefficient (Wildman–Crippen LogP) is 1.93. The maximum Gasteiger partial charge on any atom is 0.236 e. The maximum absolute atomic E-state index is 12.0. The van der Waals surface area contributed by atoms with Crippen LogP contribution in [0.2, 0.25) is 0 Å². The summed E-state index contributed by atoms with van der Waals surface area (Å²) in [6.45, 7) is 3.62. The highest BCUT2D eigenvalue weighted by Gasteiger charge is 2.37. The van der Waals surface area contributed by atoms with Gasteiger partial charge in [-0.25, -0.2) is 0 Å². The molecule has 0 aliphatic carbocycles. The van der Waals surface area contributed by atoms with Crippen LogP contribution in [0, 0.1) is 0 Å². The van der Waals surface area contributed by atoms with Gasteiger partial charge in [0.05, 0.1) is 5.25 Å². The number of rotatable bonds is 4. The number of likely N-dealkylation sites (N-methyl/N-ethyl adjacent to an activating group) is 1. The van der Waals surface area contributed by atoms with Gasteiger partial charge in [0.1, 0.15) is 5.37 Å². The van der Waals surface area contributed by atoms with Crippen molar-refractivity contribution in [3.8, 4) is 0 Å². The average molecular weight is 256 g/mol. The summed E-state index contributed by atoms with van der Waals surface area (Å²) in [5.41, 5.74) is 1.25. The lowest BCUT2D eigenvalue weighted by Crippen LogP contribution is -2.35. The molecule has 88 valence electrons. The van der Waals surface area contributed by atoms with Crippen LogP contribution in [0.1, 0.15) is 17.9 Å². The van der Waals surface area contributed by atoms with Crippen molar-refractivity contribution >= 4 is 29.0 Å². The highest BCUT2D eigenvalue weighted by atomic mass is 32.2. The Morgan fingerprint density at radius 2 is 2.38 bits per heavy atom. The van der Waals surface area contributed by atoms with Gasteiger partial charge >= 0.3 is 0 Å². The lowest BCUT2D eigenvalue weighted by molar-refractivity contribution is -0.129. The molecule has 0 aromatic carbocycles. The second-order valence-corrected chi connectivity index (χ2v) is 6.03. The monoisotopic (exact) mass is 256 g/mol. The molecule has 1 aliphatic heterocycles. The Morgan fingerprint density at radius 1 is 1.56 bits per heavy atom. The van der Waals surface area contributed by atoms with Crippen molar-refractivity contribution in [3.05, 3.63) is 22.4 Å². The Labute approximate surface area is 104 Å². The molecule has 1 aromatic rings. The molecule has 2 unspecified atom stereocenters. The SMILES string of the molecule is CNCCN1C(=O)C(C)SC1c1ccsc1. The summed E-state index contributed by atoms with van der Waals surface area (Å²) in [7, 11) is 1.91. The minimum Gasteiger partial charge on any atom is -0.324 e. The van der Waals surface area contributed by atoms with Crippen molar-refractivity contribution in [3.63, 3.8) is 0 Å². The number of carbonyl (C=O) groups excluding carboxylic acids is 1. The van der Waals surface area contributed by atoms with E-state index in [1.54, 1.807) is 23.1 Å². The number of nitrogens with one attached hydrogen (secondary N) is 1. The van der Waals surface area contributed by atoms with Crippen molar-refractivity contribution in [2.24, 2.45) is 0 Å². The van der Waals surface area contributed by atoms with Gasteiger partial charge < -0.3 is 10.2 Å². The largest absolute Gasteiger partial charge is 0.324 e. The highest BCUT2D eigenvalue weighted by Crippen LogP contribution is 2.43. The molecule has 1 aliphatic rings. The molecule has 1 fully saturated rings. The molecule has 1 amide bonds. The summed E-state index contributed by atoms with van der Waals surface area (Å²) >= 11 is 3.43. The quantitative estimate of drug-likeness (QED) is 0.893. The van der Waals surface area contributed by atoms with E-state index < -0.39 is 0 Å². The Bertz CT molecular complexity index is 353. The third kappa shape index (κ3) is 2.26. The molecular weight excluding hydrogens is 240 g/mol. The number of hydrogen-bond donors (Lipinski definition) is 1. The lowest BCUT2D eigenvalue weighted by Gasteiger charge is -2.23. The summed E-state index contributed by atoms with van der Waals surface area (Å²) in [6.07, 6.45) is 0. The van der Waals surface area contributed by atoms with Crippen molar-refractivity contribution in [1.82, 2.24) is 10.2 Å². The molecule has 0 saturated carbocycles. The minimum absolute atomic E-state index is 0.0850. The van der Waals surface area contributed by atoms with E-state index in [9.17, 15) is 4.79 Å². The van der Waals surface area contributed by atoms with Gasteiger partial charge in [-0.05, 0) is 36.4 Å². The molecule has 5 heteroatoms. The standard InChI is InChI=1S/C11H16N2OS2/c1-8-10(14)13(5-4-12-2)11(16-8)9-3-6-15-7-9/h3,6-8,11-12H,4-5H2,1-2H3. The van der Waals surface area contributed by atoms with E-state index in [1.807, 2.05) is 18.9 Å². The Balaban J connectivity index is 2.13. The topological polar surface area (TPSA) is 32.3 Å². The molecule has 2 rings (SSSR count). The summed E-state index contributed by atoms with van der Waals surface area (Å²) in [5.74, 6) is 0.261. The van der Waals surface area contributed by atoms with Crippen LogP contribution in [0.3, 0.4) is 0 Å². The predicted molar refractivity (Wildman–Crippen MR) is 69.8 cm³/mol. The highest BCUT2D eigenvalue weighted by molar-refractivity contribution is 8.01. The third-order valence-corrected chi connectivity index (χ3v) is 4.77. The zero-order valence-corrected chi connectivity index (χ0v) is 11.1. The fourth-order valence-corrected chi connectivity index (χ4v) is 3.87. The molecule has 0 bridgehead atoms. The average Bonchev–Trinajstić information content (AvgIpc) is 2.87. The smallest absolute Gasteiger partial charge is 0.236 e. The summed E-state index contributed by atoms with van der Waals surface area (Å²) in [4.78, 5) is 14.0. The number of hydrogen-bond acceptors (Lipinski definition) is 4. The van der Waals surface area contributed by atoms with Crippen LogP contribution >= 0.6 is 23.1 Å². The number of thiophene rings is 1.